The molecule has 2 heterocycles. The fourth-order valence-electron chi connectivity index (χ4n) is 1.40. The highest BCUT2D eigenvalue weighted by Crippen LogP contribution is 2.29. The lowest BCUT2D eigenvalue weighted by atomic mass is 10.3. The standard InChI is InChI=1S/C10H11N3O3S/c1-13(16)10(15)7-5-12-9(17-7)8-6(14)3-2-4-11-8/h2-4,7,14,16H,5H2,1H3/t7-/m1/s1. The predicted octanol–water partition coefficient (Wildman–Crippen LogP) is 0.497. The molecule has 0 aliphatic carbocycles. The van der Waals surface area contributed by atoms with Crippen LogP contribution >= 0.6 is 11.8 Å². The van der Waals surface area contributed by atoms with E-state index in [2.05, 4.69) is 9.98 Å². The normalized spacial score (nSPS) is 18.9. The van der Waals surface area contributed by atoms with Crippen molar-refractivity contribution in [2.75, 3.05) is 13.6 Å². The van der Waals surface area contributed by atoms with Crippen LogP contribution in [-0.4, -0.2) is 50.2 Å². The first-order chi connectivity index (χ1) is 8.09. The second kappa shape index (κ2) is 4.72. The molecule has 0 saturated carbocycles. The number of rotatable bonds is 2. The van der Waals surface area contributed by atoms with Gasteiger partial charge in [0.05, 0.1) is 6.54 Å². The van der Waals surface area contributed by atoms with Crippen molar-refractivity contribution in [1.82, 2.24) is 10.0 Å². The van der Waals surface area contributed by atoms with E-state index in [1.54, 1.807) is 12.3 Å². The first-order valence-electron chi connectivity index (χ1n) is 4.91. The average molecular weight is 253 g/mol. The number of amides is 1. The summed E-state index contributed by atoms with van der Waals surface area (Å²) in [6.07, 6.45) is 1.55. The summed E-state index contributed by atoms with van der Waals surface area (Å²) < 4.78 is 0. The first-order valence-corrected chi connectivity index (χ1v) is 5.79. The van der Waals surface area contributed by atoms with E-state index in [0.29, 0.717) is 15.8 Å². The van der Waals surface area contributed by atoms with Crippen LogP contribution in [0.5, 0.6) is 5.75 Å². The molecular weight excluding hydrogens is 242 g/mol. The minimum Gasteiger partial charge on any atom is -0.506 e. The average Bonchev–Trinajstić information content (AvgIpc) is 2.77. The second-order valence-corrected chi connectivity index (χ2v) is 4.68. The van der Waals surface area contributed by atoms with Gasteiger partial charge >= 0.3 is 0 Å². The fourth-order valence-corrected chi connectivity index (χ4v) is 2.49. The molecule has 6 nitrogen and oxygen atoms in total. The lowest BCUT2D eigenvalue weighted by Crippen LogP contribution is -2.32. The molecule has 0 fully saturated rings. The molecule has 1 aromatic heterocycles. The van der Waals surface area contributed by atoms with E-state index >= 15 is 0 Å². The molecule has 0 spiro atoms. The summed E-state index contributed by atoms with van der Waals surface area (Å²) in [4.78, 5) is 19.7. The van der Waals surface area contributed by atoms with E-state index in [1.807, 2.05) is 0 Å². The molecule has 0 radical (unpaired) electrons. The molecule has 0 bridgehead atoms. The summed E-state index contributed by atoms with van der Waals surface area (Å²) in [6.45, 7) is 0.278. The Balaban J connectivity index is 2.13. The number of hydrogen-bond acceptors (Lipinski definition) is 6. The molecule has 0 saturated heterocycles. The Kier molecular flexibility index (Phi) is 3.30. The minimum absolute atomic E-state index is 0.0317. The number of aromatic nitrogens is 1. The zero-order valence-electron chi connectivity index (χ0n) is 9.07. The number of thioether (sulfide) groups is 1. The fraction of sp³-hybridized carbons (Fsp3) is 0.300. The molecule has 2 rings (SSSR count). The number of carbonyl (C=O) groups is 1. The highest BCUT2D eigenvalue weighted by atomic mass is 32.2. The molecule has 1 aliphatic rings. The van der Waals surface area contributed by atoms with Crippen molar-refractivity contribution in [2.24, 2.45) is 4.99 Å². The molecule has 2 N–H and O–H groups in total. The molecule has 7 heteroatoms. The number of nitrogens with zero attached hydrogens (tertiary/aromatic N) is 3. The molecule has 1 amide bonds. The Morgan fingerprint density at radius 1 is 1.65 bits per heavy atom. The van der Waals surface area contributed by atoms with Crippen LogP contribution in [0.1, 0.15) is 5.69 Å². The Hall–Kier alpha value is -1.60. The third-order valence-corrected chi connectivity index (χ3v) is 3.42. The number of hydroxylamine groups is 2. The smallest absolute Gasteiger partial charge is 0.261 e. The summed E-state index contributed by atoms with van der Waals surface area (Å²) in [5, 5.41) is 19.3. The molecule has 90 valence electrons. The van der Waals surface area contributed by atoms with Crippen molar-refractivity contribution in [3.05, 3.63) is 24.0 Å². The van der Waals surface area contributed by atoms with E-state index in [1.165, 1.54) is 24.9 Å². The monoisotopic (exact) mass is 253 g/mol. The van der Waals surface area contributed by atoms with Gasteiger partial charge in [0.1, 0.15) is 21.7 Å². The lowest BCUT2D eigenvalue weighted by molar-refractivity contribution is -0.158. The van der Waals surface area contributed by atoms with Gasteiger partial charge in [-0.3, -0.25) is 20.0 Å². The number of carbonyl (C=O) groups excluding carboxylic acids is 1. The molecule has 1 aromatic rings. The van der Waals surface area contributed by atoms with Crippen LogP contribution in [0.4, 0.5) is 0 Å². The van der Waals surface area contributed by atoms with Crippen molar-refractivity contribution >= 4 is 22.7 Å². The maximum absolute atomic E-state index is 11.5. The quantitative estimate of drug-likeness (QED) is 0.592. The maximum atomic E-state index is 11.5. The SMILES string of the molecule is CN(O)C(=O)[C@H]1CN=C(c2ncccc2O)S1. The molecular formula is C10H11N3O3S. The van der Waals surface area contributed by atoms with Crippen LogP contribution < -0.4 is 0 Å². The maximum Gasteiger partial charge on any atom is 0.261 e. The highest BCUT2D eigenvalue weighted by Gasteiger charge is 2.30. The first kappa shape index (κ1) is 11.9. The zero-order chi connectivity index (χ0) is 12.4. The number of aromatic hydroxyl groups is 1. The van der Waals surface area contributed by atoms with Crippen molar-refractivity contribution in [3.63, 3.8) is 0 Å². The number of pyridine rings is 1. The van der Waals surface area contributed by atoms with Gasteiger partial charge in [-0.15, -0.1) is 0 Å². The summed E-state index contributed by atoms with van der Waals surface area (Å²) in [6, 6.07) is 3.13. The van der Waals surface area contributed by atoms with E-state index in [-0.39, 0.29) is 12.3 Å². The van der Waals surface area contributed by atoms with Crippen molar-refractivity contribution in [3.8, 4) is 5.75 Å². The van der Waals surface area contributed by atoms with Gasteiger partial charge < -0.3 is 5.11 Å². The third kappa shape index (κ3) is 2.40. The third-order valence-electron chi connectivity index (χ3n) is 2.24. The van der Waals surface area contributed by atoms with E-state index in [0.717, 1.165) is 0 Å². The Bertz CT molecular complexity index is 476. The highest BCUT2D eigenvalue weighted by molar-refractivity contribution is 8.15. The lowest BCUT2D eigenvalue weighted by Gasteiger charge is -2.12. The summed E-state index contributed by atoms with van der Waals surface area (Å²) >= 11 is 1.19. The van der Waals surface area contributed by atoms with Crippen LogP contribution in [-0.2, 0) is 4.79 Å². The van der Waals surface area contributed by atoms with E-state index in [9.17, 15) is 9.90 Å². The van der Waals surface area contributed by atoms with Crippen molar-refractivity contribution < 1.29 is 15.1 Å². The second-order valence-electron chi connectivity index (χ2n) is 3.49. The molecule has 0 aromatic carbocycles. The zero-order valence-corrected chi connectivity index (χ0v) is 9.89. The number of hydrogen-bond donors (Lipinski definition) is 2. The van der Waals surface area contributed by atoms with Crippen molar-refractivity contribution in [2.45, 2.75) is 5.25 Å². The summed E-state index contributed by atoms with van der Waals surface area (Å²) in [7, 11) is 1.28. The van der Waals surface area contributed by atoms with Crippen molar-refractivity contribution in [1.29, 1.82) is 0 Å². The van der Waals surface area contributed by atoms with Crippen LogP contribution in [0.25, 0.3) is 0 Å². The molecule has 1 aliphatic heterocycles. The van der Waals surface area contributed by atoms with Crippen LogP contribution in [0.2, 0.25) is 0 Å². The Labute approximate surface area is 102 Å². The van der Waals surface area contributed by atoms with E-state index in [4.69, 9.17) is 5.21 Å². The summed E-state index contributed by atoms with van der Waals surface area (Å²) in [5.74, 6) is -0.381. The number of aliphatic imine (C=N–C) groups is 1. The van der Waals surface area contributed by atoms with Gasteiger partial charge in [0.15, 0.2) is 0 Å². The predicted molar refractivity (Wildman–Crippen MR) is 63.2 cm³/mol. The minimum atomic E-state index is -0.457. The Morgan fingerprint density at radius 2 is 2.41 bits per heavy atom. The topological polar surface area (TPSA) is 86.0 Å². The van der Waals surface area contributed by atoms with E-state index < -0.39 is 11.2 Å². The van der Waals surface area contributed by atoms with Gasteiger partial charge in [-0.1, -0.05) is 11.8 Å². The van der Waals surface area contributed by atoms with Gasteiger partial charge in [-0.25, -0.2) is 5.06 Å². The van der Waals surface area contributed by atoms with Gasteiger partial charge in [-0.2, -0.15) is 0 Å². The molecule has 1 atom stereocenters. The Morgan fingerprint density at radius 3 is 3.06 bits per heavy atom. The van der Waals surface area contributed by atoms with Crippen LogP contribution in [0.3, 0.4) is 0 Å². The van der Waals surface area contributed by atoms with Crippen LogP contribution in [0.15, 0.2) is 23.3 Å². The van der Waals surface area contributed by atoms with Crippen LogP contribution in [0, 0.1) is 0 Å². The largest absolute Gasteiger partial charge is 0.506 e. The van der Waals surface area contributed by atoms with Gasteiger partial charge in [0.25, 0.3) is 5.91 Å². The molecule has 0 unspecified atom stereocenters. The summed E-state index contributed by atoms with van der Waals surface area (Å²) in [5.41, 5.74) is 0.369. The molecule has 17 heavy (non-hydrogen) atoms. The van der Waals surface area contributed by atoms with Gasteiger partial charge in [0, 0.05) is 13.2 Å². The van der Waals surface area contributed by atoms with Gasteiger partial charge in [-0.05, 0) is 12.1 Å². The van der Waals surface area contributed by atoms with Gasteiger partial charge in [0.2, 0.25) is 0 Å².